The van der Waals surface area contributed by atoms with Crippen molar-refractivity contribution in [1.82, 2.24) is 10.4 Å². The van der Waals surface area contributed by atoms with E-state index in [0.29, 0.717) is 18.8 Å². The summed E-state index contributed by atoms with van der Waals surface area (Å²) in [5, 5.41) is 23.1. The minimum absolute atomic E-state index is 0.159. The van der Waals surface area contributed by atoms with Crippen molar-refractivity contribution in [3.05, 3.63) is 65.7 Å². The molecule has 4 N–H and O–H groups in total. The second kappa shape index (κ2) is 11.9. The van der Waals surface area contributed by atoms with E-state index in [-0.39, 0.29) is 28.4 Å². The Bertz CT molecular complexity index is 1160. The number of hydrazine groups is 1. The maximum atomic E-state index is 12.9. The summed E-state index contributed by atoms with van der Waals surface area (Å²) in [5.41, 5.74) is 11.3. The molecule has 0 aromatic heterocycles. The molecule has 0 saturated heterocycles. The molecule has 35 heavy (non-hydrogen) atoms. The maximum absolute atomic E-state index is 12.9. The molecule has 3 aromatic rings. The zero-order valence-electron chi connectivity index (χ0n) is 21.2. The van der Waals surface area contributed by atoms with Gasteiger partial charge in [0.2, 0.25) is 0 Å². The van der Waals surface area contributed by atoms with Gasteiger partial charge in [0.25, 0.3) is 5.91 Å². The number of carbonyl (C=O) groups is 1. The van der Waals surface area contributed by atoms with Gasteiger partial charge in [0.1, 0.15) is 5.69 Å². The highest BCUT2D eigenvalue weighted by molar-refractivity contribution is 6.06. The highest BCUT2D eigenvalue weighted by Crippen LogP contribution is 2.39. The first-order valence-electron chi connectivity index (χ1n) is 12.5. The highest BCUT2D eigenvalue weighted by Gasteiger charge is 2.25. The molecule has 0 atom stereocenters. The fraction of sp³-hybridized carbons (Fsp3) is 0.393. The molecule has 0 aliphatic rings. The zero-order valence-corrected chi connectivity index (χ0v) is 21.2. The first-order valence-corrected chi connectivity index (χ1v) is 12.5. The van der Waals surface area contributed by atoms with Crippen LogP contribution >= 0.6 is 0 Å². The number of aromatic hydroxyl groups is 1. The largest absolute Gasteiger partial charge is 0.505 e. The fourth-order valence-electron chi connectivity index (χ4n) is 4.45. The molecule has 7 nitrogen and oxygen atoms in total. The van der Waals surface area contributed by atoms with Gasteiger partial charge in [-0.2, -0.15) is 5.11 Å². The molecule has 0 aliphatic heterocycles. The SMILES string of the molecule is CCCC(N)(CCC)c1ccc(N=Nc2c(O)c(C(=O)NN(CC)CC)cc3ccccc23)cc1. The third-order valence-electron chi connectivity index (χ3n) is 6.36. The topological polar surface area (TPSA) is 103 Å². The summed E-state index contributed by atoms with van der Waals surface area (Å²) in [4.78, 5) is 12.9. The van der Waals surface area contributed by atoms with Gasteiger partial charge >= 0.3 is 0 Å². The van der Waals surface area contributed by atoms with Crippen molar-refractivity contribution in [3.63, 3.8) is 0 Å². The zero-order chi connectivity index (χ0) is 25.4. The van der Waals surface area contributed by atoms with Gasteiger partial charge in [-0.1, -0.05) is 76.9 Å². The van der Waals surface area contributed by atoms with Gasteiger partial charge in [0, 0.05) is 24.0 Å². The normalized spacial score (nSPS) is 12.1. The van der Waals surface area contributed by atoms with Gasteiger partial charge in [0.15, 0.2) is 5.75 Å². The summed E-state index contributed by atoms with van der Waals surface area (Å²) in [7, 11) is 0. The van der Waals surface area contributed by atoms with Crippen LogP contribution in [0, 0.1) is 0 Å². The first-order chi connectivity index (χ1) is 16.9. The van der Waals surface area contributed by atoms with Gasteiger partial charge < -0.3 is 10.8 Å². The molecule has 0 bridgehead atoms. The number of phenolic OH excluding ortho intramolecular Hbond substituents is 1. The second-order valence-electron chi connectivity index (χ2n) is 8.86. The number of fused-ring (bicyclic) bond motifs is 1. The number of nitrogens with one attached hydrogen (secondary N) is 1. The van der Waals surface area contributed by atoms with E-state index < -0.39 is 0 Å². The summed E-state index contributed by atoms with van der Waals surface area (Å²) < 4.78 is 0. The van der Waals surface area contributed by atoms with Crippen LogP contribution in [-0.2, 0) is 5.54 Å². The van der Waals surface area contributed by atoms with Gasteiger partial charge in [-0.25, -0.2) is 5.01 Å². The smallest absolute Gasteiger partial charge is 0.269 e. The standard InChI is InChI=1S/C28H37N5O2/c1-5-17-28(29,18-6-2)21-13-15-22(16-14-21)30-31-25-23-12-10-9-11-20(23)19-24(26(25)34)27(35)32-33(7-3)8-4/h9-16,19,34H,5-8,17-18,29H2,1-4H3,(H,32,35). The maximum Gasteiger partial charge on any atom is 0.269 e. The molecule has 0 fully saturated rings. The number of nitrogens with zero attached hydrogens (tertiary/aromatic N) is 3. The van der Waals surface area contributed by atoms with Gasteiger partial charge in [0.05, 0.1) is 11.3 Å². The molecule has 0 heterocycles. The highest BCUT2D eigenvalue weighted by atomic mass is 16.3. The van der Waals surface area contributed by atoms with Crippen molar-refractivity contribution in [2.75, 3.05) is 13.1 Å². The molecule has 0 spiro atoms. The van der Waals surface area contributed by atoms with Gasteiger partial charge in [-0.3, -0.25) is 10.2 Å². The van der Waals surface area contributed by atoms with Crippen molar-refractivity contribution < 1.29 is 9.90 Å². The van der Waals surface area contributed by atoms with Crippen molar-refractivity contribution in [2.45, 2.75) is 58.9 Å². The number of phenols is 1. The third-order valence-corrected chi connectivity index (χ3v) is 6.36. The van der Waals surface area contributed by atoms with Crippen LogP contribution in [0.2, 0.25) is 0 Å². The molecule has 1 amide bonds. The minimum atomic E-state index is -0.385. The van der Waals surface area contributed by atoms with E-state index in [1.807, 2.05) is 62.4 Å². The number of azo groups is 1. The molecular formula is C28H37N5O2. The van der Waals surface area contributed by atoms with E-state index in [4.69, 9.17) is 5.73 Å². The summed E-state index contributed by atoms with van der Waals surface area (Å²) in [6, 6.07) is 17.0. The lowest BCUT2D eigenvalue weighted by atomic mass is 9.83. The van der Waals surface area contributed by atoms with E-state index in [1.165, 1.54) is 0 Å². The summed E-state index contributed by atoms with van der Waals surface area (Å²) in [5.74, 6) is -0.579. The molecule has 3 aromatic carbocycles. The summed E-state index contributed by atoms with van der Waals surface area (Å²) in [6.07, 6.45) is 3.87. The Hall–Kier alpha value is -3.29. The number of benzene rings is 3. The summed E-state index contributed by atoms with van der Waals surface area (Å²) >= 11 is 0. The number of amides is 1. The average molecular weight is 476 g/mol. The number of carbonyl (C=O) groups excluding carboxylic acids is 1. The lowest BCUT2D eigenvalue weighted by Crippen LogP contribution is -2.41. The monoisotopic (exact) mass is 475 g/mol. The fourth-order valence-corrected chi connectivity index (χ4v) is 4.45. The van der Waals surface area contributed by atoms with Crippen LogP contribution in [0.5, 0.6) is 5.75 Å². The first kappa shape index (κ1) is 26.3. The van der Waals surface area contributed by atoms with Crippen LogP contribution in [-0.4, -0.2) is 29.1 Å². The van der Waals surface area contributed by atoms with E-state index in [1.54, 1.807) is 11.1 Å². The van der Waals surface area contributed by atoms with Crippen LogP contribution in [0.1, 0.15) is 69.3 Å². The van der Waals surface area contributed by atoms with Gasteiger partial charge in [-0.05, 0) is 42.0 Å². The number of nitrogens with two attached hydrogens (primary N) is 1. The third kappa shape index (κ3) is 6.05. The molecule has 0 aliphatic carbocycles. The molecular weight excluding hydrogens is 438 g/mol. The molecule has 0 radical (unpaired) electrons. The van der Waals surface area contributed by atoms with Gasteiger partial charge in [-0.15, -0.1) is 5.11 Å². The van der Waals surface area contributed by atoms with Crippen LogP contribution < -0.4 is 11.2 Å². The average Bonchev–Trinajstić information content (AvgIpc) is 2.86. The van der Waals surface area contributed by atoms with Crippen LogP contribution in [0.25, 0.3) is 10.8 Å². The van der Waals surface area contributed by atoms with Crippen molar-refractivity contribution in [3.8, 4) is 5.75 Å². The molecule has 7 heteroatoms. The Balaban J connectivity index is 1.97. The van der Waals surface area contributed by atoms with Crippen LogP contribution in [0.15, 0.2) is 64.8 Å². The van der Waals surface area contributed by atoms with E-state index in [0.717, 1.165) is 42.0 Å². The minimum Gasteiger partial charge on any atom is -0.505 e. The van der Waals surface area contributed by atoms with Crippen molar-refractivity contribution in [2.24, 2.45) is 16.0 Å². The van der Waals surface area contributed by atoms with E-state index in [9.17, 15) is 9.90 Å². The van der Waals surface area contributed by atoms with Crippen molar-refractivity contribution in [1.29, 1.82) is 0 Å². The quantitative estimate of drug-likeness (QED) is 0.212. The lowest BCUT2D eigenvalue weighted by Gasteiger charge is -2.29. The Morgan fingerprint density at radius 3 is 2.20 bits per heavy atom. The number of hydrogen-bond acceptors (Lipinski definition) is 6. The Morgan fingerprint density at radius 2 is 1.60 bits per heavy atom. The van der Waals surface area contributed by atoms with E-state index in [2.05, 4.69) is 29.5 Å². The predicted molar refractivity (Wildman–Crippen MR) is 142 cm³/mol. The second-order valence-corrected chi connectivity index (χ2v) is 8.86. The number of rotatable bonds is 11. The number of hydrogen-bond donors (Lipinski definition) is 3. The Labute approximate surface area is 208 Å². The molecule has 0 saturated carbocycles. The Kier molecular flexibility index (Phi) is 8.95. The molecule has 3 rings (SSSR count). The van der Waals surface area contributed by atoms with Crippen LogP contribution in [0.4, 0.5) is 11.4 Å². The summed E-state index contributed by atoms with van der Waals surface area (Å²) in [6.45, 7) is 9.50. The van der Waals surface area contributed by atoms with E-state index >= 15 is 0 Å². The van der Waals surface area contributed by atoms with Crippen LogP contribution in [0.3, 0.4) is 0 Å². The molecule has 0 unspecified atom stereocenters. The predicted octanol–water partition coefficient (Wildman–Crippen LogP) is 6.70. The Morgan fingerprint density at radius 1 is 0.971 bits per heavy atom. The van der Waals surface area contributed by atoms with Crippen molar-refractivity contribution >= 4 is 28.1 Å². The lowest BCUT2D eigenvalue weighted by molar-refractivity contribution is 0.0803. The molecule has 186 valence electrons.